The van der Waals surface area contributed by atoms with Crippen LogP contribution in [-0.4, -0.2) is 22.6 Å². The number of benzene rings is 2. The van der Waals surface area contributed by atoms with E-state index in [1.54, 1.807) is 31.2 Å². The Kier molecular flexibility index (Phi) is 2.57. The Morgan fingerprint density at radius 3 is 2.09 bits per heavy atom. The molecule has 4 rings (SSSR count). The highest BCUT2D eigenvalue weighted by Gasteiger charge is 2.31. The first kappa shape index (κ1) is 13.5. The highest BCUT2D eigenvalue weighted by Crippen LogP contribution is 2.33. The molecule has 0 spiro atoms. The van der Waals surface area contributed by atoms with E-state index in [-0.39, 0.29) is 34.0 Å². The van der Waals surface area contributed by atoms with Crippen LogP contribution in [0.25, 0.3) is 11.0 Å². The molecule has 0 amide bonds. The summed E-state index contributed by atoms with van der Waals surface area (Å²) in [6.07, 6.45) is 0. The molecule has 0 saturated heterocycles. The van der Waals surface area contributed by atoms with E-state index in [9.17, 15) is 19.5 Å². The van der Waals surface area contributed by atoms with Gasteiger partial charge in [0, 0.05) is 27.6 Å². The maximum atomic E-state index is 12.7. The van der Waals surface area contributed by atoms with Crippen molar-refractivity contribution in [3.63, 3.8) is 0 Å². The first-order valence-corrected chi connectivity index (χ1v) is 6.98. The topological polar surface area (TPSA) is 84.6 Å². The first-order chi connectivity index (χ1) is 11.0. The molecule has 0 aliphatic heterocycles. The number of hydrogen-bond acceptors (Lipinski definition) is 4. The van der Waals surface area contributed by atoms with Crippen LogP contribution in [0, 0.1) is 6.92 Å². The quantitative estimate of drug-likeness (QED) is 0.583. The van der Waals surface area contributed by atoms with Crippen molar-refractivity contribution in [2.24, 2.45) is 0 Å². The van der Waals surface area contributed by atoms with Gasteiger partial charge in [0.1, 0.15) is 16.9 Å². The van der Waals surface area contributed by atoms with Gasteiger partial charge in [0.05, 0.1) is 0 Å². The standard InChI is InChI=1S/C18H10O5/c1-8-15(18(21)22)13-6-11-12(7-14(13)23-8)17(20)10-5-3-2-4-9(10)16(11)19/h2-7H,1H3,(H,21,22). The van der Waals surface area contributed by atoms with Crippen LogP contribution in [0.5, 0.6) is 0 Å². The molecular weight excluding hydrogens is 296 g/mol. The third kappa shape index (κ3) is 1.70. The van der Waals surface area contributed by atoms with Gasteiger partial charge in [-0.3, -0.25) is 9.59 Å². The Morgan fingerprint density at radius 1 is 0.957 bits per heavy atom. The van der Waals surface area contributed by atoms with E-state index in [0.29, 0.717) is 22.1 Å². The summed E-state index contributed by atoms with van der Waals surface area (Å²) < 4.78 is 5.45. The lowest BCUT2D eigenvalue weighted by Gasteiger charge is -2.17. The molecule has 1 heterocycles. The van der Waals surface area contributed by atoms with E-state index in [2.05, 4.69) is 0 Å². The number of aryl methyl sites for hydroxylation is 1. The van der Waals surface area contributed by atoms with Crippen molar-refractivity contribution >= 4 is 28.5 Å². The van der Waals surface area contributed by atoms with Crippen LogP contribution in [0.3, 0.4) is 0 Å². The van der Waals surface area contributed by atoms with Gasteiger partial charge in [0.2, 0.25) is 0 Å². The second-order valence-corrected chi connectivity index (χ2v) is 5.44. The van der Waals surface area contributed by atoms with Crippen LogP contribution < -0.4 is 0 Å². The van der Waals surface area contributed by atoms with E-state index in [1.807, 2.05) is 0 Å². The highest BCUT2D eigenvalue weighted by atomic mass is 16.4. The van der Waals surface area contributed by atoms with Crippen molar-refractivity contribution in [3.8, 4) is 0 Å². The van der Waals surface area contributed by atoms with Crippen LogP contribution in [0.4, 0.5) is 0 Å². The molecule has 1 aliphatic rings. The fourth-order valence-electron chi connectivity index (χ4n) is 3.08. The van der Waals surface area contributed by atoms with E-state index >= 15 is 0 Å². The molecule has 3 aromatic rings. The average Bonchev–Trinajstić information content (AvgIpc) is 2.86. The minimum Gasteiger partial charge on any atom is -0.478 e. The molecular formula is C18H10O5. The van der Waals surface area contributed by atoms with Crippen molar-refractivity contribution in [1.29, 1.82) is 0 Å². The molecule has 0 atom stereocenters. The Morgan fingerprint density at radius 2 is 1.52 bits per heavy atom. The first-order valence-electron chi connectivity index (χ1n) is 6.98. The van der Waals surface area contributed by atoms with Gasteiger partial charge in [-0.05, 0) is 19.1 Å². The summed E-state index contributed by atoms with van der Waals surface area (Å²) in [6, 6.07) is 9.51. The summed E-state index contributed by atoms with van der Waals surface area (Å²) in [6.45, 7) is 1.54. The minimum absolute atomic E-state index is 0.0157. The lowest BCUT2D eigenvalue weighted by atomic mass is 9.83. The molecule has 0 radical (unpaired) electrons. The van der Waals surface area contributed by atoms with Gasteiger partial charge in [-0.25, -0.2) is 4.79 Å². The molecule has 0 fully saturated rings. The summed E-state index contributed by atoms with van der Waals surface area (Å²) in [7, 11) is 0. The summed E-state index contributed by atoms with van der Waals surface area (Å²) in [5.74, 6) is -1.43. The lowest BCUT2D eigenvalue weighted by Crippen LogP contribution is -2.20. The normalized spacial score (nSPS) is 13.1. The van der Waals surface area contributed by atoms with Crippen molar-refractivity contribution in [2.45, 2.75) is 6.92 Å². The molecule has 23 heavy (non-hydrogen) atoms. The summed E-state index contributed by atoms with van der Waals surface area (Å²) in [4.78, 5) is 36.7. The smallest absolute Gasteiger partial charge is 0.339 e. The van der Waals surface area contributed by atoms with Gasteiger partial charge in [-0.2, -0.15) is 0 Å². The van der Waals surface area contributed by atoms with Crippen molar-refractivity contribution in [2.75, 3.05) is 0 Å². The van der Waals surface area contributed by atoms with E-state index in [0.717, 1.165) is 0 Å². The largest absolute Gasteiger partial charge is 0.478 e. The predicted molar refractivity (Wildman–Crippen MR) is 81.2 cm³/mol. The number of carbonyl (C=O) groups is 3. The molecule has 1 aromatic heterocycles. The summed E-state index contributed by atoms with van der Waals surface area (Å²) in [5.41, 5.74) is 1.45. The zero-order valence-electron chi connectivity index (χ0n) is 12.0. The van der Waals surface area contributed by atoms with Gasteiger partial charge in [-0.1, -0.05) is 24.3 Å². The van der Waals surface area contributed by atoms with Crippen molar-refractivity contribution in [3.05, 3.63) is 70.0 Å². The Labute approximate surface area is 130 Å². The van der Waals surface area contributed by atoms with Crippen LogP contribution in [0.2, 0.25) is 0 Å². The molecule has 5 heteroatoms. The second kappa shape index (κ2) is 4.39. The third-order valence-corrected chi connectivity index (χ3v) is 4.12. The number of carboxylic acids is 1. The zero-order valence-corrected chi connectivity index (χ0v) is 12.0. The van der Waals surface area contributed by atoms with E-state index in [4.69, 9.17) is 4.42 Å². The van der Waals surface area contributed by atoms with Gasteiger partial charge >= 0.3 is 5.97 Å². The lowest BCUT2D eigenvalue weighted by molar-refractivity contribution is 0.0696. The highest BCUT2D eigenvalue weighted by molar-refractivity contribution is 6.29. The molecule has 0 unspecified atom stereocenters. The summed E-state index contributed by atoms with van der Waals surface area (Å²) in [5, 5.41) is 9.65. The fourth-order valence-corrected chi connectivity index (χ4v) is 3.08. The molecule has 2 aromatic carbocycles. The number of ketones is 2. The number of aromatic carboxylic acids is 1. The van der Waals surface area contributed by atoms with E-state index < -0.39 is 5.97 Å². The van der Waals surface area contributed by atoms with Gasteiger partial charge in [0.15, 0.2) is 11.6 Å². The zero-order chi connectivity index (χ0) is 16.3. The summed E-state index contributed by atoms with van der Waals surface area (Å²) >= 11 is 0. The number of furan rings is 1. The SMILES string of the molecule is Cc1oc2cc3c(cc2c1C(=O)O)C(=O)c1ccccc1C3=O. The predicted octanol–water partition coefficient (Wildman–Crippen LogP) is 3.21. The minimum atomic E-state index is -1.13. The molecule has 0 bridgehead atoms. The molecule has 1 N–H and O–H groups in total. The maximum absolute atomic E-state index is 12.7. The number of hydrogen-bond donors (Lipinski definition) is 1. The van der Waals surface area contributed by atoms with Gasteiger partial charge in [0.25, 0.3) is 0 Å². The monoisotopic (exact) mass is 306 g/mol. The number of rotatable bonds is 1. The molecule has 5 nitrogen and oxygen atoms in total. The van der Waals surface area contributed by atoms with Crippen LogP contribution in [0.1, 0.15) is 48.0 Å². The van der Waals surface area contributed by atoms with Crippen LogP contribution in [-0.2, 0) is 0 Å². The Balaban J connectivity index is 2.07. The third-order valence-electron chi connectivity index (χ3n) is 4.12. The van der Waals surface area contributed by atoms with Gasteiger partial charge in [-0.15, -0.1) is 0 Å². The van der Waals surface area contributed by atoms with Crippen molar-refractivity contribution in [1.82, 2.24) is 0 Å². The molecule has 112 valence electrons. The average molecular weight is 306 g/mol. The number of carbonyl (C=O) groups excluding carboxylic acids is 2. The van der Waals surface area contributed by atoms with Crippen LogP contribution >= 0.6 is 0 Å². The van der Waals surface area contributed by atoms with Crippen LogP contribution in [0.15, 0.2) is 40.8 Å². The fraction of sp³-hybridized carbons (Fsp3) is 0.0556. The van der Waals surface area contributed by atoms with Crippen molar-refractivity contribution < 1.29 is 23.9 Å². The van der Waals surface area contributed by atoms with E-state index in [1.165, 1.54) is 12.1 Å². The maximum Gasteiger partial charge on any atom is 0.339 e. The second-order valence-electron chi connectivity index (χ2n) is 5.44. The molecule has 0 saturated carbocycles. The Hall–Kier alpha value is -3.21. The number of carboxylic acid groups (broad SMARTS) is 1. The van der Waals surface area contributed by atoms with Gasteiger partial charge < -0.3 is 9.52 Å². The Bertz CT molecular complexity index is 1040. The number of fused-ring (bicyclic) bond motifs is 3. The molecule has 1 aliphatic carbocycles.